The van der Waals surface area contributed by atoms with Crippen molar-refractivity contribution in [3.05, 3.63) is 60.7 Å². The molecule has 0 aliphatic carbocycles. The summed E-state index contributed by atoms with van der Waals surface area (Å²) >= 11 is 1.88. The SMILES string of the molecule is c1cc[c]([Cu][c]2ccccc2)cc1. The molecule has 0 atom stereocenters. The van der Waals surface area contributed by atoms with Crippen molar-refractivity contribution in [2.75, 3.05) is 0 Å². The zero-order valence-corrected chi connectivity index (χ0v) is 8.02. The molecule has 0 bridgehead atoms. The third-order valence-electron chi connectivity index (χ3n) is 1.59. The molecular weight excluding hydrogens is 208 g/mol. The number of hydrogen-bond acceptors (Lipinski definition) is 0. The zero-order chi connectivity index (χ0) is 8.93. The Kier molecular flexibility index (Phi) is 2.81. The summed E-state index contributed by atoms with van der Waals surface area (Å²) in [6.45, 7) is 0. The molecule has 0 unspecified atom stereocenters. The van der Waals surface area contributed by atoms with Gasteiger partial charge in [0.1, 0.15) is 0 Å². The fraction of sp³-hybridized carbons (Fsp3) is 0. The molecule has 0 heterocycles. The van der Waals surface area contributed by atoms with E-state index in [2.05, 4.69) is 48.5 Å². The summed E-state index contributed by atoms with van der Waals surface area (Å²) < 4.78 is 2.55. The quantitative estimate of drug-likeness (QED) is 0.673. The molecule has 2 aromatic carbocycles. The molecule has 0 radical (unpaired) electrons. The maximum absolute atomic E-state index is 2.12. The Hall–Kier alpha value is -1.04. The van der Waals surface area contributed by atoms with Crippen molar-refractivity contribution >= 4 is 8.92 Å². The van der Waals surface area contributed by atoms with Gasteiger partial charge < -0.3 is 0 Å². The molecule has 69 valence electrons. The molecule has 0 nitrogen and oxygen atoms in total. The van der Waals surface area contributed by atoms with Crippen LogP contribution in [0.15, 0.2) is 60.7 Å². The topological polar surface area (TPSA) is 0 Å². The first-order valence-electron chi connectivity index (χ1n) is 4.12. The molecule has 0 aliphatic rings. The van der Waals surface area contributed by atoms with Crippen LogP contribution in [0.2, 0.25) is 0 Å². The Balaban J connectivity index is 2.16. The van der Waals surface area contributed by atoms with Gasteiger partial charge in [0.05, 0.1) is 0 Å². The summed E-state index contributed by atoms with van der Waals surface area (Å²) in [4.78, 5) is 0. The van der Waals surface area contributed by atoms with Crippen molar-refractivity contribution < 1.29 is 15.0 Å². The van der Waals surface area contributed by atoms with Crippen molar-refractivity contribution in [3.63, 3.8) is 0 Å². The zero-order valence-electron chi connectivity index (χ0n) is 7.08. The van der Waals surface area contributed by atoms with Gasteiger partial charge in [-0.2, -0.15) is 0 Å². The van der Waals surface area contributed by atoms with Gasteiger partial charge in [-0.05, 0) is 0 Å². The second-order valence-electron chi connectivity index (χ2n) is 2.58. The van der Waals surface area contributed by atoms with Gasteiger partial charge in [-0.25, -0.2) is 0 Å². The third-order valence-corrected chi connectivity index (χ3v) is 2.76. The molecule has 0 spiro atoms. The van der Waals surface area contributed by atoms with E-state index in [-0.39, 0.29) is 0 Å². The van der Waals surface area contributed by atoms with E-state index in [0.29, 0.717) is 0 Å². The van der Waals surface area contributed by atoms with E-state index < -0.39 is 0 Å². The van der Waals surface area contributed by atoms with Crippen LogP contribution in [0.1, 0.15) is 0 Å². The van der Waals surface area contributed by atoms with Gasteiger partial charge in [0.2, 0.25) is 0 Å². The Morgan fingerprint density at radius 1 is 0.538 bits per heavy atom. The summed E-state index contributed by atoms with van der Waals surface area (Å²) in [7, 11) is 0. The van der Waals surface area contributed by atoms with E-state index in [1.807, 2.05) is 27.1 Å². The van der Waals surface area contributed by atoms with Crippen LogP contribution >= 0.6 is 0 Å². The van der Waals surface area contributed by atoms with Crippen molar-refractivity contribution in [1.29, 1.82) is 0 Å². The Labute approximate surface area is 84.8 Å². The molecule has 2 aromatic rings. The van der Waals surface area contributed by atoms with Crippen molar-refractivity contribution in [1.82, 2.24) is 0 Å². The van der Waals surface area contributed by atoms with E-state index in [4.69, 9.17) is 0 Å². The van der Waals surface area contributed by atoms with Gasteiger partial charge in [0.25, 0.3) is 0 Å². The Morgan fingerprint density at radius 3 is 1.31 bits per heavy atom. The van der Waals surface area contributed by atoms with Gasteiger partial charge in [0, 0.05) is 0 Å². The van der Waals surface area contributed by atoms with E-state index >= 15 is 0 Å². The molecule has 2 rings (SSSR count). The molecular formula is C12H10Cu. The van der Waals surface area contributed by atoms with Crippen molar-refractivity contribution in [2.24, 2.45) is 0 Å². The Bertz CT molecular complexity index is 316. The Morgan fingerprint density at radius 2 is 0.923 bits per heavy atom. The average molecular weight is 218 g/mol. The minimum absolute atomic E-state index is 1.28. The van der Waals surface area contributed by atoms with Gasteiger partial charge in [-0.1, -0.05) is 0 Å². The summed E-state index contributed by atoms with van der Waals surface area (Å²) in [6, 6.07) is 20.8. The van der Waals surface area contributed by atoms with Crippen LogP contribution in [0, 0.1) is 0 Å². The average Bonchev–Trinajstić information content (AvgIpc) is 2.21. The number of benzene rings is 2. The predicted molar refractivity (Wildman–Crippen MR) is 52.2 cm³/mol. The van der Waals surface area contributed by atoms with Crippen molar-refractivity contribution in [3.8, 4) is 0 Å². The molecule has 1 heteroatoms. The predicted octanol–water partition coefficient (Wildman–Crippen LogP) is 1.72. The molecule has 0 aromatic heterocycles. The second-order valence-corrected chi connectivity index (χ2v) is 3.90. The van der Waals surface area contributed by atoms with Crippen LogP contribution < -0.4 is 8.92 Å². The van der Waals surface area contributed by atoms with Crippen LogP contribution in [0.3, 0.4) is 0 Å². The molecule has 13 heavy (non-hydrogen) atoms. The summed E-state index contributed by atoms with van der Waals surface area (Å²) in [5.41, 5.74) is 0. The van der Waals surface area contributed by atoms with E-state index in [9.17, 15) is 0 Å². The van der Waals surface area contributed by atoms with E-state index in [1.54, 1.807) is 0 Å². The molecule has 0 aliphatic heterocycles. The minimum atomic E-state index is 1.28. The van der Waals surface area contributed by atoms with Crippen LogP contribution in [0.25, 0.3) is 0 Å². The van der Waals surface area contributed by atoms with E-state index in [0.717, 1.165) is 0 Å². The first-order chi connectivity index (χ1) is 6.45. The fourth-order valence-electron chi connectivity index (χ4n) is 1.00. The normalized spacial score (nSPS) is 10.2. The fourth-order valence-corrected chi connectivity index (χ4v) is 1.99. The van der Waals surface area contributed by atoms with Crippen LogP contribution in [0.4, 0.5) is 0 Å². The first-order valence-corrected chi connectivity index (χ1v) is 5.06. The molecule has 0 saturated carbocycles. The van der Waals surface area contributed by atoms with Crippen LogP contribution in [-0.2, 0) is 15.0 Å². The monoisotopic (exact) mass is 217 g/mol. The van der Waals surface area contributed by atoms with E-state index in [1.165, 1.54) is 8.92 Å². The molecule has 0 saturated heterocycles. The molecule has 0 fully saturated rings. The van der Waals surface area contributed by atoms with Crippen molar-refractivity contribution in [2.45, 2.75) is 0 Å². The maximum atomic E-state index is 2.12. The standard InChI is InChI=1S/2C6H5.Cu/c2*1-2-4-6-5-3-1;/h2*1-5H;. The second kappa shape index (κ2) is 4.27. The van der Waals surface area contributed by atoms with Gasteiger partial charge >= 0.3 is 84.5 Å². The van der Waals surface area contributed by atoms with Crippen LogP contribution in [-0.4, -0.2) is 0 Å². The van der Waals surface area contributed by atoms with Crippen LogP contribution in [0.5, 0.6) is 0 Å². The van der Waals surface area contributed by atoms with Gasteiger partial charge in [-0.3, -0.25) is 0 Å². The first kappa shape index (κ1) is 8.55. The summed E-state index contributed by atoms with van der Waals surface area (Å²) in [5.74, 6) is 0. The summed E-state index contributed by atoms with van der Waals surface area (Å²) in [6.07, 6.45) is 0. The molecule has 0 amide bonds. The molecule has 0 N–H and O–H groups in total. The number of rotatable bonds is 2. The third kappa shape index (κ3) is 2.45. The van der Waals surface area contributed by atoms with Gasteiger partial charge in [0.15, 0.2) is 0 Å². The summed E-state index contributed by atoms with van der Waals surface area (Å²) in [5, 5.41) is 0. The van der Waals surface area contributed by atoms with Gasteiger partial charge in [-0.15, -0.1) is 0 Å². The number of hydrogen-bond donors (Lipinski definition) is 0.